The second-order valence-electron chi connectivity index (χ2n) is 6.63. The molecule has 1 aromatic rings. The average molecular weight is 352 g/mol. The predicted octanol–water partition coefficient (Wildman–Crippen LogP) is 2.85. The summed E-state index contributed by atoms with van der Waals surface area (Å²) in [6.07, 6.45) is 4.45. The Hall–Kier alpha value is -1.30. The van der Waals surface area contributed by atoms with E-state index >= 15 is 0 Å². The molecule has 1 atom stereocenters. The minimum atomic E-state index is 0.00152. The number of halogens is 1. The molecule has 132 valence electrons. The molecule has 0 aliphatic carbocycles. The minimum Gasteiger partial charge on any atom is -0.495 e. The summed E-state index contributed by atoms with van der Waals surface area (Å²) in [6.45, 7) is 5.33. The van der Waals surface area contributed by atoms with E-state index in [2.05, 4.69) is 15.1 Å². The average Bonchev–Trinajstić information content (AvgIpc) is 2.60. The standard InChI is InChI=1S/C18H26ClN3O2/c1-24-17-6-5-14(19)12-16(17)20-18(23)7-9-21-10-11-22-8-3-2-4-15(22)13-21/h5-6,12,15H,2-4,7-11,13H2,1H3,(H,20,23). The molecule has 0 saturated carbocycles. The predicted molar refractivity (Wildman–Crippen MR) is 96.9 cm³/mol. The first-order valence-corrected chi connectivity index (χ1v) is 9.13. The molecule has 1 amide bonds. The van der Waals surface area contributed by atoms with Crippen LogP contribution in [0.3, 0.4) is 0 Å². The molecule has 2 saturated heterocycles. The SMILES string of the molecule is COc1ccc(Cl)cc1NC(=O)CCN1CCN2CCCCC2C1. The fourth-order valence-corrected chi connectivity index (χ4v) is 3.85. The second kappa shape index (κ2) is 8.19. The summed E-state index contributed by atoms with van der Waals surface area (Å²) >= 11 is 6.00. The summed E-state index contributed by atoms with van der Waals surface area (Å²) in [5.41, 5.74) is 0.632. The molecule has 1 unspecified atom stereocenters. The van der Waals surface area contributed by atoms with Crippen LogP contribution in [-0.2, 0) is 4.79 Å². The zero-order valence-electron chi connectivity index (χ0n) is 14.3. The Morgan fingerprint density at radius 1 is 1.33 bits per heavy atom. The second-order valence-corrected chi connectivity index (χ2v) is 7.07. The van der Waals surface area contributed by atoms with E-state index in [0.717, 1.165) is 26.2 Å². The summed E-state index contributed by atoms with van der Waals surface area (Å²) in [7, 11) is 1.59. The lowest BCUT2D eigenvalue weighted by molar-refractivity contribution is -0.116. The molecule has 0 radical (unpaired) electrons. The number of benzene rings is 1. The zero-order valence-corrected chi connectivity index (χ0v) is 15.0. The van der Waals surface area contributed by atoms with E-state index in [1.165, 1.54) is 25.8 Å². The molecule has 24 heavy (non-hydrogen) atoms. The highest BCUT2D eigenvalue weighted by Crippen LogP contribution is 2.28. The van der Waals surface area contributed by atoms with E-state index in [1.54, 1.807) is 25.3 Å². The fourth-order valence-electron chi connectivity index (χ4n) is 3.67. The van der Waals surface area contributed by atoms with Gasteiger partial charge in [-0.2, -0.15) is 0 Å². The molecule has 3 rings (SSSR count). The quantitative estimate of drug-likeness (QED) is 0.886. The van der Waals surface area contributed by atoms with Gasteiger partial charge in [0.15, 0.2) is 0 Å². The van der Waals surface area contributed by atoms with Crippen LogP contribution in [0.4, 0.5) is 5.69 Å². The van der Waals surface area contributed by atoms with Crippen LogP contribution >= 0.6 is 11.6 Å². The number of piperazine rings is 1. The summed E-state index contributed by atoms with van der Waals surface area (Å²) in [4.78, 5) is 17.3. The molecule has 2 heterocycles. The number of carbonyl (C=O) groups is 1. The van der Waals surface area contributed by atoms with Gasteiger partial charge in [0, 0.05) is 43.7 Å². The molecular formula is C18H26ClN3O2. The van der Waals surface area contributed by atoms with Crippen LogP contribution in [0.15, 0.2) is 18.2 Å². The van der Waals surface area contributed by atoms with Gasteiger partial charge in [-0.3, -0.25) is 14.6 Å². The van der Waals surface area contributed by atoms with Gasteiger partial charge in [-0.15, -0.1) is 0 Å². The topological polar surface area (TPSA) is 44.8 Å². The summed E-state index contributed by atoms with van der Waals surface area (Å²) < 4.78 is 5.27. The van der Waals surface area contributed by atoms with E-state index < -0.39 is 0 Å². The molecule has 6 heteroatoms. The fraction of sp³-hybridized carbons (Fsp3) is 0.611. The Bertz CT molecular complexity index is 581. The van der Waals surface area contributed by atoms with Gasteiger partial charge >= 0.3 is 0 Å². The van der Waals surface area contributed by atoms with Crippen molar-refractivity contribution >= 4 is 23.2 Å². The minimum absolute atomic E-state index is 0.00152. The molecule has 1 N–H and O–H groups in total. The van der Waals surface area contributed by atoms with Gasteiger partial charge in [-0.1, -0.05) is 18.0 Å². The molecule has 0 aromatic heterocycles. The first-order chi connectivity index (χ1) is 11.7. The van der Waals surface area contributed by atoms with Crippen molar-refractivity contribution in [3.63, 3.8) is 0 Å². The van der Waals surface area contributed by atoms with Crippen molar-refractivity contribution in [1.82, 2.24) is 9.80 Å². The van der Waals surface area contributed by atoms with Crippen molar-refractivity contribution in [3.8, 4) is 5.75 Å². The Balaban J connectivity index is 1.48. The van der Waals surface area contributed by atoms with Crippen LogP contribution in [0.1, 0.15) is 25.7 Å². The number of carbonyl (C=O) groups excluding carboxylic acids is 1. The van der Waals surface area contributed by atoms with E-state index in [1.807, 2.05) is 0 Å². The third-order valence-corrected chi connectivity index (χ3v) is 5.25. The smallest absolute Gasteiger partial charge is 0.225 e. The highest BCUT2D eigenvalue weighted by molar-refractivity contribution is 6.31. The number of rotatable bonds is 5. The lowest BCUT2D eigenvalue weighted by Gasteiger charge is -2.44. The Morgan fingerprint density at radius 2 is 2.21 bits per heavy atom. The number of methoxy groups -OCH3 is 1. The van der Waals surface area contributed by atoms with Crippen molar-refractivity contribution < 1.29 is 9.53 Å². The lowest BCUT2D eigenvalue weighted by atomic mass is 9.99. The van der Waals surface area contributed by atoms with Crippen LogP contribution in [0.2, 0.25) is 5.02 Å². The third kappa shape index (κ3) is 4.41. The van der Waals surface area contributed by atoms with Crippen molar-refractivity contribution in [2.24, 2.45) is 0 Å². The number of nitrogens with one attached hydrogen (secondary N) is 1. The number of hydrogen-bond donors (Lipinski definition) is 1. The Labute approximate surface area is 148 Å². The van der Waals surface area contributed by atoms with Gasteiger partial charge in [0.2, 0.25) is 5.91 Å². The van der Waals surface area contributed by atoms with E-state index in [0.29, 0.717) is 28.9 Å². The number of fused-ring (bicyclic) bond motifs is 1. The largest absolute Gasteiger partial charge is 0.495 e. The number of amides is 1. The molecular weight excluding hydrogens is 326 g/mol. The van der Waals surface area contributed by atoms with Crippen LogP contribution < -0.4 is 10.1 Å². The van der Waals surface area contributed by atoms with Crippen LogP contribution in [0.25, 0.3) is 0 Å². The van der Waals surface area contributed by atoms with Gasteiger partial charge in [-0.05, 0) is 37.6 Å². The molecule has 0 spiro atoms. The van der Waals surface area contributed by atoms with Crippen molar-refractivity contribution in [3.05, 3.63) is 23.2 Å². The number of hydrogen-bond acceptors (Lipinski definition) is 4. The number of piperidine rings is 1. The number of nitrogens with zero attached hydrogens (tertiary/aromatic N) is 2. The summed E-state index contributed by atoms with van der Waals surface area (Å²) in [5, 5.41) is 3.50. The van der Waals surface area contributed by atoms with Crippen molar-refractivity contribution in [1.29, 1.82) is 0 Å². The first-order valence-electron chi connectivity index (χ1n) is 8.75. The normalized spacial score (nSPS) is 22.0. The van der Waals surface area contributed by atoms with E-state index in [9.17, 15) is 4.79 Å². The third-order valence-electron chi connectivity index (χ3n) is 5.01. The highest BCUT2D eigenvalue weighted by atomic mass is 35.5. The maximum Gasteiger partial charge on any atom is 0.225 e. The van der Waals surface area contributed by atoms with Gasteiger partial charge in [0.05, 0.1) is 12.8 Å². The van der Waals surface area contributed by atoms with E-state index in [4.69, 9.17) is 16.3 Å². The van der Waals surface area contributed by atoms with Gasteiger partial charge < -0.3 is 10.1 Å². The summed E-state index contributed by atoms with van der Waals surface area (Å²) in [6, 6.07) is 5.92. The molecule has 2 fully saturated rings. The molecule has 1 aromatic carbocycles. The number of ether oxygens (including phenoxy) is 1. The lowest BCUT2D eigenvalue weighted by Crippen LogP contribution is -2.55. The summed E-state index contributed by atoms with van der Waals surface area (Å²) in [5.74, 6) is 0.630. The number of anilines is 1. The highest BCUT2D eigenvalue weighted by Gasteiger charge is 2.28. The molecule has 2 aliphatic heterocycles. The van der Waals surface area contributed by atoms with Gasteiger partial charge in [-0.25, -0.2) is 0 Å². The van der Waals surface area contributed by atoms with Gasteiger partial charge in [0.25, 0.3) is 0 Å². The van der Waals surface area contributed by atoms with Crippen molar-refractivity contribution in [2.45, 2.75) is 31.7 Å². The van der Waals surface area contributed by atoms with Crippen LogP contribution in [-0.4, -0.2) is 61.6 Å². The Kier molecular flexibility index (Phi) is 5.98. The van der Waals surface area contributed by atoms with E-state index in [-0.39, 0.29) is 5.91 Å². The first kappa shape index (κ1) is 17.5. The zero-order chi connectivity index (χ0) is 16.9. The Morgan fingerprint density at radius 3 is 3.04 bits per heavy atom. The van der Waals surface area contributed by atoms with Crippen LogP contribution in [0.5, 0.6) is 5.75 Å². The van der Waals surface area contributed by atoms with Crippen molar-refractivity contribution in [2.75, 3.05) is 45.2 Å². The maximum atomic E-state index is 12.3. The molecule has 5 nitrogen and oxygen atoms in total. The monoisotopic (exact) mass is 351 g/mol. The van der Waals surface area contributed by atoms with Gasteiger partial charge in [0.1, 0.15) is 5.75 Å². The molecule has 2 aliphatic rings. The molecule has 0 bridgehead atoms. The maximum absolute atomic E-state index is 12.3. The van der Waals surface area contributed by atoms with Crippen LogP contribution in [0, 0.1) is 0 Å².